The Morgan fingerprint density at radius 3 is 2.47 bits per heavy atom. The van der Waals surface area contributed by atoms with E-state index < -0.39 is 0 Å². The minimum absolute atomic E-state index is 0.185. The van der Waals surface area contributed by atoms with Crippen molar-refractivity contribution in [3.05, 3.63) is 89.7 Å². The zero-order valence-corrected chi connectivity index (χ0v) is 20.0. The zero-order valence-electron chi connectivity index (χ0n) is 20.0. The van der Waals surface area contributed by atoms with Gasteiger partial charge in [-0.1, -0.05) is 42.5 Å². The Morgan fingerprint density at radius 2 is 1.68 bits per heavy atom. The first kappa shape index (κ1) is 23.4. The number of amides is 1. The lowest BCUT2D eigenvalue weighted by Crippen LogP contribution is -2.29. The molecule has 0 saturated carbocycles. The Balaban J connectivity index is 1.45. The van der Waals surface area contributed by atoms with E-state index in [1.165, 1.54) is 0 Å². The van der Waals surface area contributed by atoms with E-state index in [0.29, 0.717) is 17.9 Å². The summed E-state index contributed by atoms with van der Waals surface area (Å²) >= 11 is 0. The third-order valence-corrected chi connectivity index (χ3v) is 5.90. The average Bonchev–Trinajstić information content (AvgIpc) is 3.23. The van der Waals surface area contributed by atoms with Crippen LogP contribution >= 0.6 is 0 Å². The van der Waals surface area contributed by atoms with Gasteiger partial charge >= 0.3 is 0 Å². The molecular weight excluding hydrogens is 426 g/mol. The van der Waals surface area contributed by atoms with Gasteiger partial charge < -0.3 is 19.4 Å². The highest BCUT2D eigenvalue weighted by molar-refractivity contribution is 5.97. The van der Waals surface area contributed by atoms with Crippen LogP contribution in [0, 0.1) is 6.92 Å². The Labute approximate surface area is 200 Å². The van der Waals surface area contributed by atoms with Gasteiger partial charge in [0.05, 0.1) is 36.4 Å². The number of fused-ring (bicyclic) bond motifs is 1. The number of methoxy groups -OCH3 is 1. The summed E-state index contributed by atoms with van der Waals surface area (Å²) in [6.07, 6.45) is 1.86. The predicted octanol–water partition coefficient (Wildman–Crippen LogP) is 5.70. The van der Waals surface area contributed by atoms with Crippen LogP contribution in [0.15, 0.2) is 72.8 Å². The van der Waals surface area contributed by atoms with Crippen molar-refractivity contribution in [2.24, 2.45) is 0 Å². The SMILES string of the molecule is COc1ccccc1C(=O)NC(C)c1nc2ccccc2n1CCCCOc1ccccc1C. The van der Waals surface area contributed by atoms with Gasteiger partial charge in [-0.2, -0.15) is 0 Å². The van der Waals surface area contributed by atoms with Gasteiger partial charge in [0.1, 0.15) is 17.3 Å². The molecule has 6 heteroatoms. The topological polar surface area (TPSA) is 65.4 Å². The van der Waals surface area contributed by atoms with E-state index in [1.54, 1.807) is 19.2 Å². The number of nitrogens with zero attached hydrogens (tertiary/aromatic N) is 2. The summed E-state index contributed by atoms with van der Waals surface area (Å²) < 4.78 is 13.5. The van der Waals surface area contributed by atoms with Crippen molar-refractivity contribution < 1.29 is 14.3 Å². The van der Waals surface area contributed by atoms with Crippen molar-refractivity contribution in [3.8, 4) is 11.5 Å². The number of para-hydroxylation sites is 4. The molecule has 0 radical (unpaired) electrons. The molecule has 0 aliphatic heterocycles. The van der Waals surface area contributed by atoms with Crippen LogP contribution in [0.2, 0.25) is 0 Å². The fourth-order valence-corrected chi connectivity index (χ4v) is 4.10. The van der Waals surface area contributed by atoms with Crippen LogP contribution in [0.3, 0.4) is 0 Å². The number of nitrogens with one attached hydrogen (secondary N) is 1. The lowest BCUT2D eigenvalue weighted by Gasteiger charge is -2.17. The number of aryl methyl sites for hydroxylation is 2. The lowest BCUT2D eigenvalue weighted by molar-refractivity contribution is 0.0934. The van der Waals surface area contributed by atoms with E-state index >= 15 is 0 Å². The Hall–Kier alpha value is -3.80. The number of benzene rings is 3. The van der Waals surface area contributed by atoms with E-state index in [-0.39, 0.29) is 11.9 Å². The molecule has 34 heavy (non-hydrogen) atoms. The molecule has 1 aromatic heterocycles. The number of hydrogen-bond acceptors (Lipinski definition) is 4. The van der Waals surface area contributed by atoms with E-state index in [2.05, 4.69) is 28.9 Å². The van der Waals surface area contributed by atoms with Gasteiger partial charge in [0.25, 0.3) is 5.91 Å². The van der Waals surface area contributed by atoms with Crippen LogP contribution < -0.4 is 14.8 Å². The predicted molar refractivity (Wildman–Crippen MR) is 135 cm³/mol. The largest absolute Gasteiger partial charge is 0.496 e. The normalized spacial score (nSPS) is 11.9. The van der Waals surface area contributed by atoms with Crippen molar-refractivity contribution in [1.82, 2.24) is 14.9 Å². The number of ether oxygens (including phenoxy) is 2. The molecule has 1 amide bonds. The van der Waals surface area contributed by atoms with Crippen molar-refractivity contribution in [2.45, 2.75) is 39.3 Å². The van der Waals surface area contributed by atoms with Crippen molar-refractivity contribution >= 4 is 16.9 Å². The Bertz CT molecular complexity index is 1260. The summed E-state index contributed by atoms with van der Waals surface area (Å²) in [5.41, 5.74) is 3.64. The van der Waals surface area contributed by atoms with Gasteiger partial charge in [-0.15, -0.1) is 0 Å². The number of carbonyl (C=O) groups excluding carboxylic acids is 1. The lowest BCUT2D eigenvalue weighted by atomic mass is 10.1. The van der Waals surface area contributed by atoms with Crippen molar-refractivity contribution in [1.29, 1.82) is 0 Å². The molecule has 0 spiro atoms. The molecule has 0 bridgehead atoms. The van der Waals surface area contributed by atoms with Gasteiger partial charge in [-0.3, -0.25) is 4.79 Å². The summed E-state index contributed by atoms with van der Waals surface area (Å²) in [7, 11) is 1.57. The maximum atomic E-state index is 13.0. The van der Waals surface area contributed by atoms with Crippen LogP contribution in [-0.4, -0.2) is 29.2 Å². The van der Waals surface area contributed by atoms with Gasteiger partial charge in [0, 0.05) is 6.54 Å². The molecule has 3 aromatic carbocycles. The van der Waals surface area contributed by atoms with Crippen molar-refractivity contribution in [2.75, 3.05) is 13.7 Å². The van der Waals surface area contributed by atoms with E-state index in [4.69, 9.17) is 14.5 Å². The molecule has 1 heterocycles. The summed E-state index contributed by atoms with van der Waals surface area (Å²) in [4.78, 5) is 17.8. The molecule has 0 fully saturated rings. The van der Waals surface area contributed by atoms with Crippen LogP contribution in [-0.2, 0) is 6.54 Å². The van der Waals surface area contributed by atoms with Crippen LogP contribution in [0.5, 0.6) is 11.5 Å². The van der Waals surface area contributed by atoms with E-state index in [9.17, 15) is 4.79 Å². The molecule has 4 rings (SSSR count). The fraction of sp³-hybridized carbons (Fsp3) is 0.286. The summed E-state index contributed by atoms with van der Waals surface area (Å²) in [5.74, 6) is 2.14. The molecule has 4 aromatic rings. The number of imidazole rings is 1. The minimum atomic E-state index is -0.270. The van der Waals surface area contributed by atoms with Crippen molar-refractivity contribution in [3.63, 3.8) is 0 Å². The van der Waals surface area contributed by atoms with Gasteiger partial charge in [0.2, 0.25) is 0 Å². The van der Waals surface area contributed by atoms with Gasteiger partial charge in [-0.05, 0) is 62.6 Å². The van der Waals surface area contributed by atoms with Gasteiger partial charge in [0.15, 0.2) is 0 Å². The smallest absolute Gasteiger partial charge is 0.255 e. The first-order valence-corrected chi connectivity index (χ1v) is 11.7. The molecule has 0 aliphatic rings. The van der Waals surface area contributed by atoms with E-state index in [0.717, 1.165) is 47.6 Å². The molecule has 1 unspecified atom stereocenters. The number of aromatic nitrogens is 2. The zero-order chi connectivity index (χ0) is 23.9. The maximum absolute atomic E-state index is 13.0. The summed E-state index contributed by atoms with van der Waals surface area (Å²) in [5, 5.41) is 3.09. The number of rotatable bonds is 10. The maximum Gasteiger partial charge on any atom is 0.255 e. The molecule has 176 valence electrons. The van der Waals surface area contributed by atoms with Crippen LogP contribution in [0.4, 0.5) is 0 Å². The average molecular weight is 458 g/mol. The third-order valence-electron chi connectivity index (χ3n) is 5.90. The Kier molecular flexibility index (Phi) is 7.48. The second-order valence-electron chi connectivity index (χ2n) is 8.33. The fourth-order valence-electron chi connectivity index (χ4n) is 4.10. The molecule has 0 aliphatic carbocycles. The Morgan fingerprint density at radius 1 is 0.971 bits per heavy atom. The highest BCUT2D eigenvalue weighted by Crippen LogP contribution is 2.24. The molecular formula is C28H31N3O3. The number of unbranched alkanes of at least 4 members (excludes halogenated alkanes) is 1. The molecule has 1 N–H and O–H groups in total. The first-order valence-electron chi connectivity index (χ1n) is 11.7. The number of hydrogen-bond donors (Lipinski definition) is 1. The second-order valence-corrected chi connectivity index (χ2v) is 8.33. The second kappa shape index (κ2) is 10.9. The van der Waals surface area contributed by atoms with Crippen LogP contribution in [0.1, 0.15) is 47.6 Å². The quantitative estimate of drug-likeness (QED) is 0.310. The summed E-state index contributed by atoms with van der Waals surface area (Å²) in [6, 6.07) is 23.1. The van der Waals surface area contributed by atoms with E-state index in [1.807, 2.05) is 55.5 Å². The van der Waals surface area contributed by atoms with Gasteiger partial charge in [-0.25, -0.2) is 4.98 Å². The van der Waals surface area contributed by atoms with Crippen LogP contribution in [0.25, 0.3) is 11.0 Å². The highest BCUT2D eigenvalue weighted by atomic mass is 16.5. The number of carbonyl (C=O) groups is 1. The monoisotopic (exact) mass is 457 g/mol. The minimum Gasteiger partial charge on any atom is -0.496 e. The molecule has 6 nitrogen and oxygen atoms in total. The third kappa shape index (κ3) is 5.22. The molecule has 0 saturated heterocycles. The standard InChI is InChI=1S/C28H31N3O3/c1-20-12-4-8-16-25(20)34-19-11-10-18-31-24-15-7-6-14-23(24)30-27(31)21(2)29-28(32)22-13-5-9-17-26(22)33-3/h4-9,12-17,21H,10-11,18-19H2,1-3H3,(H,29,32). The molecule has 1 atom stereocenters. The highest BCUT2D eigenvalue weighted by Gasteiger charge is 2.20. The first-order chi connectivity index (χ1) is 16.6. The summed E-state index contributed by atoms with van der Waals surface area (Å²) in [6.45, 7) is 5.47.